The fraction of sp³-hybridized carbons (Fsp3) is 0.323. The lowest BCUT2D eigenvalue weighted by Gasteiger charge is -2.30. The van der Waals surface area contributed by atoms with Crippen molar-refractivity contribution in [3.05, 3.63) is 89.1 Å². The summed E-state index contributed by atoms with van der Waals surface area (Å²) in [6.07, 6.45) is 3.18. The summed E-state index contributed by atoms with van der Waals surface area (Å²) in [6, 6.07) is 21.8. The van der Waals surface area contributed by atoms with Crippen LogP contribution in [0.2, 0.25) is 0 Å². The number of Topliss-reactive ketones (excluding diaryl/α,β-unsaturated/α-hetero) is 1. The van der Waals surface area contributed by atoms with Gasteiger partial charge in [0.15, 0.2) is 17.3 Å². The number of unbranched alkanes of at least 4 members (excludes halogenated alkanes) is 1. The predicted octanol–water partition coefficient (Wildman–Crippen LogP) is 6.86. The minimum Gasteiger partial charge on any atom is -0.493 e. The maximum absolute atomic E-state index is 13.9. The Bertz CT molecular complexity index is 1320. The highest BCUT2D eigenvalue weighted by Crippen LogP contribution is 2.46. The van der Waals surface area contributed by atoms with Crippen molar-refractivity contribution in [2.75, 3.05) is 31.5 Å². The standard InChI is InChI=1S/C31H34N2O4/c1-4-5-16-37-27-13-9-6-10-22(27)31-30-25(32-23-11-7-8-12-24(23)33-31)17-21(18-26(30)34)20-14-15-28(35-2)29(19-20)36-3/h6-15,19,21,31-33H,4-5,16-18H2,1-3H3/t21-,31+/m0/s1. The van der Waals surface area contributed by atoms with E-state index in [0.717, 1.165) is 52.4 Å². The van der Waals surface area contributed by atoms with Crippen molar-refractivity contribution in [3.8, 4) is 17.2 Å². The number of ketones is 1. The fourth-order valence-corrected chi connectivity index (χ4v) is 5.24. The number of allylic oxidation sites excluding steroid dienone is 1. The molecule has 1 heterocycles. The summed E-state index contributed by atoms with van der Waals surface area (Å²) in [5, 5.41) is 7.28. The van der Waals surface area contributed by atoms with Gasteiger partial charge in [-0.3, -0.25) is 4.79 Å². The third kappa shape index (κ3) is 5.01. The van der Waals surface area contributed by atoms with E-state index < -0.39 is 0 Å². The van der Waals surface area contributed by atoms with E-state index in [9.17, 15) is 4.79 Å². The van der Waals surface area contributed by atoms with Crippen LogP contribution in [0.15, 0.2) is 78.0 Å². The van der Waals surface area contributed by atoms with Gasteiger partial charge in [0.25, 0.3) is 0 Å². The van der Waals surface area contributed by atoms with Crippen molar-refractivity contribution in [1.82, 2.24) is 0 Å². The molecule has 6 heteroatoms. The van der Waals surface area contributed by atoms with Gasteiger partial charge in [0.05, 0.1) is 38.2 Å². The zero-order valence-corrected chi connectivity index (χ0v) is 21.7. The van der Waals surface area contributed by atoms with E-state index in [1.54, 1.807) is 14.2 Å². The number of hydrogen-bond donors (Lipinski definition) is 2. The smallest absolute Gasteiger partial charge is 0.163 e. The molecule has 0 amide bonds. The van der Waals surface area contributed by atoms with Crippen molar-refractivity contribution in [1.29, 1.82) is 0 Å². The quantitative estimate of drug-likeness (QED) is 0.331. The number of anilines is 2. The summed E-state index contributed by atoms with van der Waals surface area (Å²) in [5.74, 6) is 2.32. The zero-order valence-electron chi connectivity index (χ0n) is 21.7. The first-order chi connectivity index (χ1) is 18.1. The van der Waals surface area contributed by atoms with Crippen LogP contribution in [0.5, 0.6) is 17.2 Å². The maximum Gasteiger partial charge on any atom is 0.163 e. The molecule has 3 aromatic carbocycles. The van der Waals surface area contributed by atoms with Crippen LogP contribution < -0.4 is 24.8 Å². The predicted molar refractivity (Wildman–Crippen MR) is 147 cm³/mol. The largest absolute Gasteiger partial charge is 0.493 e. The lowest BCUT2D eigenvalue weighted by atomic mass is 9.78. The van der Waals surface area contributed by atoms with Crippen LogP contribution in [0.1, 0.15) is 55.7 Å². The first-order valence-corrected chi connectivity index (χ1v) is 12.9. The van der Waals surface area contributed by atoms with Gasteiger partial charge < -0.3 is 24.8 Å². The van der Waals surface area contributed by atoms with Gasteiger partial charge in [-0.1, -0.05) is 49.7 Å². The second-order valence-electron chi connectivity index (χ2n) is 9.52. The summed E-state index contributed by atoms with van der Waals surface area (Å²) in [7, 11) is 3.26. The minimum atomic E-state index is -0.317. The molecule has 0 bridgehead atoms. The van der Waals surface area contributed by atoms with Crippen molar-refractivity contribution >= 4 is 17.2 Å². The Hall–Kier alpha value is -3.93. The second-order valence-corrected chi connectivity index (χ2v) is 9.52. The van der Waals surface area contributed by atoms with Gasteiger partial charge in [0.1, 0.15) is 5.75 Å². The maximum atomic E-state index is 13.9. The number of carbonyl (C=O) groups excluding carboxylic acids is 1. The molecule has 37 heavy (non-hydrogen) atoms. The Morgan fingerprint density at radius 1 is 0.865 bits per heavy atom. The van der Waals surface area contributed by atoms with Gasteiger partial charge in [-0.2, -0.15) is 0 Å². The molecule has 1 aliphatic heterocycles. The van der Waals surface area contributed by atoms with Crippen molar-refractivity contribution in [2.45, 2.75) is 44.6 Å². The molecule has 0 fully saturated rings. The average Bonchev–Trinajstić information content (AvgIpc) is 3.10. The highest BCUT2D eigenvalue weighted by atomic mass is 16.5. The molecule has 0 radical (unpaired) electrons. The monoisotopic (exact) mass is 498 g/mol. The van der Waals surface area contributed by atoms with Gasteiger partial charge >= 0.3 is 0 Å². The van der Waals surface area contributed by atoms with Crippen LogP contribution in [-0.4, -0.2) is 26.6 Å². The SMILES string of the molecule is CCCCOc1ccccc1[C@H]1Nc2ccccc2NC2=C1C(=O)C[C@@H](c1ccc(OC)c(OC)c1)C2. The number of fused-ring (bicyclic) bond motifs is 1. The van der Waals surface area contributed by atoms with E-state index in [2.05, 4.69) is 23.6 Å². The summed E-state index contributed by atoms with van der Waals surface area (Å²) in [6.45, 7) is 2.80. The first kappa shape index (κ1) is 24.8. The normalized spacial score (nSPS) is 18.6. The highest BCUT2D eigenvalue weighted by Gasteiger charge is 2.37. The molecule has 3 aromatic rings. The van der Waals surface area contributed by atoms with Crippen LogP contribution in [0.25, 0.3) is 0 Å². The summed E-state index contributed by atoms with van der Waals surface area (Å²) >= 11 is 0. The number of rotatable bonds is 8. The number of carbonyl (C=O) groups is 1. The molecule has 0 unspecified atom stereocenters. The fourth-order valence-electron chi connectivity index (χ4n) is 5.24. The van der Waals surface area contributed by atoms with Gasteiger partial charge in [-0.05, 0) is 54.7 Å². The molecular weight excluding hydrogens is 464 g/mol. The number of benzene rings is 3. The van der Waals surface area contributed by atoms with E-state index >= 15 is 0 Å². The van der Waals surface area contributed by atoms with Gasteiger partial charge in [0, 0.05) is 23.3 Å². The molecule has 1 aliphatic carbocycles. The molecule has 0 spiro atoms. The molecule has 2 aliphatic rings. The molecule has 6 nitrogen and oxygen atoms in total. The molecule has 0 saturated carbocycles. The first-order valence-electron chi connectivity index (χ1n) is 12.9. The topological polar surface area (TPSA) is 68.8 Å². The number of ether oxygens (including phenoxy) is 3. The van der Waals surface area contributed by atoms with Crippen molar-refractivity contribution < 1.29 is 19.0 Å². The molecule has 5 rings (SSSR count). The Morgan fingerprint density at radius 3 is 2.41 bits per heavy atom. The second kappa shape index (κ2) is 11.0. The van der Waals surface area contributed by atoms with Crippen LogP contribution >= 0.6 is 0 Å². The lowest BCUT2D eigenvalue weighted by molar-refractivity contribution is -0.116. The summed E-state index contributed by atoms with van der Waals surface area (Å²) < 4.78 is 17.1. The van der Waals surface area contributed by atoms with E-state index in [0.29, 0.717) is 30.9 Å². The minimum absolute atomic E-state index is 0.0283. The average molecular weight is 499 g/mol. The van der Waals surface area contributed by atoms with E-state index in [4.69, 9.17) is 14.2 Å². The van der Waals surface area contributed by atoms with Crippen molar-refractivity contribution in [3.63, 3.8) is 0 Å². The van der Waals surface area contributed by atoms with E-state index in [1.165, 1.54) is 0 Å². The third-order valence-corrected chi connectivity index (χ3v) is 7.17. The summed E-state index contributed by atoms with van der Waals surface area (Å²) in [4.78, 5) is 13.9. The molecular formula is C31H34N2O4. The number of nitrogens with one attached hydrogen (secondary N) is 2. The van der Waals surface area contributed by atoms with Gasteiger partial charge in [-0.25, -0.2) is 0 Å². The van der Waals surface area contributed by atoms with Crippen LogP contribution in [0.3, 0.4) is 0 Å². The Morgan fingerprint density at radius 2 is 1.62 bits per heavy atom. The Balaban J connectivity index is 1.56. The highest BCUT2D eigenvalue weighted by molar-refractivity contribution is 6.01. The van der Waals surface area contributed by atoms with E-state index in [1.807, 2.05) is 60.7 Å². The number of para-hydroxylation sites is 3. The molecule has 2 atom stereocenters. The van der Waals surface area contributed by atoms with E-state index in [-0.39, 0.29) is 17.7 Å². The molecule has 0 saturated heterocycles. The zero-order chi connectivity index (χ0) is 25.8. The van der Waals surface area contributed by atoms with Crippen molar-refractivity contribution in [2.24, 2.45) is 0 Å². The number of methoxy groups -OCH3 is 2. The van der Waals surface area contributed by atoms with Crippen LogP contribution in [0, 0.1) is 0 Å². The van der Waals surface area contributed by atoms with Crippen LogP contribution in [-0.2, 0) is 4.79 Å². The number of hydrogen-bond acceptors (Lipinski definition) is 6. The summed E-state index contributed by atoms with van der Waals surface area (Å²) in [5.41, 5.74) is 5.68. The molecule has 2 N–H and O–H groups in total. The van der Waals surface area contributed by atoms with Crippen LogP contribution in [0.4, 0.5) is 11.4 Å². The third-order valence-electron chi connectivity index (χ3n) is 7.17. The molecule has 192 valence electrons. The van der Waals surface area contributed by atoms with Gasteiger partial charge in [-0.15, -0.1) is 0 Å². The molecule has 0 aromatic heterocycles. The Labute approximate surface area is 218 Å². The Kier molecular flexibility index (Phi) is 7.35. The van der Waals surface area contributed by atoms with Gasteiger partial charge in [0.2, 0.25) is 0 Å². The lowest BCUT2D eigenvalue weighted by Crippen LogP contribution is -2.27.